The van der Waals surface area contributed by atoms with Gasteiger partial charge in [0.2, 0.25) is 0 Å². The van der Waals surface area contributed by atoms with Gasteiger partial charge in [-0.3, -0.25) is 19.6 Å². The molecular weight excluding hydrogens is 444 g/mol. The molecule has 0 aliphatic rings. The van der Waals surface area contributed by atoms with Crippen molar-refractivity contribution in [3.63, 3.8) is 0 Å². The normalized spacial score (nSPS) is 10.5. The van der Waals surface area contributed by atoms with Crippen LogP contribution in [0.3, 0.4) is 0 Å². The number of amides is 1. The van der Waals surface area contributed by atoms with Crippen molar-refractivity contribution in [2.45, 2.75) is 6.54 Å². The largest absolute Gasteiger partial charge is 0.452 e. The lowest BCUT2D eigenvalue weighted by atomic mass is 10.2. The van der Waals surface area contributed by atoms with E-state index in [1.807, 2.05) is 47.8 Å². The van der Waals surface area contributed by atoms with Gasteiger partial charge in [0.25, 0.3) is 11.6 Å². The summed E-state index contributed by atoms with van der Waals surface area (Å²) in [5.74, 6) is -1.40. The molecule has 0 radical (unpaired) electrons. The molecule has 0 aliphatic carbocycles. The third kappa shape index (κ3) is 5.31. The summed E-state index contributed by atoms with van der Waals surface area (Å²) in [6, 6.07) is 19.1. The molecule has 4 aromatic rings. The maximum absolute atomic E-state index is 12.8. The zero-order valence-corrected chi connectivity index (χ0v) is 18.0. The van der Waals surface area contributed by atoms with Crippen molar-refractivity contribution in [3.8, 4) is 10.6 Å². The van der Waals surface area contributed by atoms with Crippen LogP contribution in [0.4, 0.5) is 11.4 Å². The highest BCUT2D eigenvalue weighted by atomic mass is 32.1. The molecule has 0 unspecified atom stereocenters. The van der Waals surface area contributed by atoms with E-state index in [-0.39, 0.29) is 16.9 Å². The number of ether oxygens (including phenoxy) is 1. The Kier molecular flexibility index (Phi) is 6.56. The van der Waals surface area contributed by atoms with Crippen LogP contribution >= 0.6 is 11.3 Å². The molecule has 4 rings (SSSR count). The van der Waals surface area contributed by atoms with Gasteiger partial charge in [0.1, 0.15) is 16.9 Å². The van der Waals surface area contributed by atoms with E-state index in [0.29, 0.717) is 12.2 Å². The van der Waals surface area contributed by atoms with Crippen LogP contribution in [0.2, 0.25) is 0 Å². The van der Waals surface area contributed by atoms with Crippen LogP contribution < -0.4 is 5.32 Å². The van der Waals surface area contributed by atoms with Gasteiger partial charge in [0.05, 0.1) is 16.3 Å². The van der Waals surface area contributed by atoms with Gasteiger partial charge in [-0.25, -0.2) is 4.79 Å². The summed E-state index contributed by atoms with van der Waals surface area (Å²) in [5, 5.41) is 19.9. The minimum atomic E-state index is -0.713. The monoisotopic (exact) mass is 462 g/mol. The number of esters is 1. The molecule has 0 saturated heterocycles. The van der Waals surface area contributed by atoms with Gasteiger partial charge in [-0.1, -0.05) is 48.5 Å². The van der Waals surface area contributed by atoms with E-state index in [1.54, 1.807) is 16.9 Å². The molecule has 10 heteroatoms. The molecule has 1 N–H and O–H groups in total. The van der Waals surface area contributed by atoms with Gasteiger partial charge < -0.3 is 10.1 Å². The Morgan fingerprint density at radius 2 is 1.82 bits per heavy atom. The average Bonchev–Trinajstić information content (AvgIpc) is 3.48. The van der Waals surface area contributed by atoms with Crippen molar-refractivity contribution in [1.29, 1.82) is 0 Å². The van der Waals surface area contributed by atoms with E-state index < -0.39 is 23.4 Å². The quantitative estimate of drug-likeness (QED) is 0.236. The van der Waals surface area contributed by atoms with Gasteiger partial charge in [-0.15, -0.1) is 11.3 Å². The summed E-state index contributed by atoms with van der Waals surface area (Å²) in [6.45, 7) is -0.136. The smallest absolute Gasteiger partial charge is 0.342 e. The van der Waals surface area contributed by atoms with E-state index in [0.717, 1.165) is 10.4 Å². The van der Waals surface area contributed by atoms with Crippen molar-refractivity contribution >= 4 is 34.6 Å². The first-order valence-electron chi connectivity index (χ1n) is 9.87. The highest BCUT2D eigenvalue weighted by Gasteiger charge is 2.22. The molecule has 1 amide bonds. The van der Waals surface area contributed by atoms with Crippen LogP contribution in [-0.4, -0.2) is 33.2 Å². The van der Waals surface area contributed by atoms with Crippen LogP contribution in [0.15, 0.2) is 78.3 Å². The summed E-state index contributed by atoms with van der Waals surface area (Å²) in [7, 11) is 0. The van der Waals surface area contributed by atoms with E-state index >= 15 is 0 Å². The summed E-state index contributed by atoms with van der Waals surface area (Å²) in [6.07, 6.45) is 1.59. The van der Waals surface area contributed by atoms with Crippen molar-refractivity contribution in [3.05, 3.63) is 99.5 Å². The van der Waals surface area contributed by atoms with E-state index in [4.69, 9.17) is 4.74 Å². The number of nitrogens with one attached hydrogen (secondary N) is 1. The Morgan fingerprint density at radius 3 is 2.55 bits per heavy atom. The molecule has 2 aromatic carbocycles. The second-order valence-electron chi connectivity index (χ2n) is 6.95. The number of carbonyl (C=O) groups excluding carboxylic acids is 2. The van der Waals surface area contributed by atoms with E-state index in [2.05, 4.69) is 10.4 Å². The standard InChI is InChI=1S/C23H18N4O5S/c28-21(24-18-9-4-5-10-19(18)27(30)31)15-32-23(29)17-14-26(13-16-7-2-1-3-8-16)25-22(17)20-11-6-12-33-20/h1-12,14H,13,15H2,(H,24,28). The third-order valence-electron chi connectivity index (χ3n) is 4.63. The van der Waals surface area contributed by atoms with Crippen LogP contribution in [0.1, 0.15) is 15.9 Å². The highest BCUT2D eigenvalue weighted by molar-refractivity contribution is 7.13. The molecule has 166 valence electrons. The third-order valence-corrected chi connectivity index (χ3v) is 5.51. The molecule has 0 aliphatic heterocycles. The minimum absolute atomic E-state index is 0.0264. The second kappa shape index (κ2) is 9.88. The first kappa shape index (κ1) is 21.9. The number of nitro benzene ring substituents is 1. The van der Waals surface area contributed by atoms with E-state index in [1.165, 1.54) is 29.5 Å². The molecule has 0 fully saturated rings. The Labute approximate surface area is 192 Å². The first-order chi connectivity index (χ1) is 16.0. The van der Waals surface area contributed by atoms with Gasteiger partial charge >= 0.3 is 5.97 Å². The van der Waals surface area contributed by atoms with Gasteiger partial charge in [-0.05, 0) is 23.1 Å². The molecule has 2 aromatic heterocycles. The Morgan fingerprint density at radius 1 is 1.06 bits per heavy atom. The molecule has 0 bridgehead atoms. The van der Waals surface area contributed by atoms with Crippen LogP contribution in [0.5, 0.6) is 0 Å². The molecule has 9 nitrogen and oxygen atoms in total. The zero-order valence-electron chi connectivity index (χ0n) is 17.2. The van der Waals surface area contributed by atoms with Crippen molar-refractivity contribution < 1.29 is 19.2 Å². The second-order valence-corrected chi connectivity index (χ2v) is 7.90. The zero-order chi connectivity index (χ0) is 23.2. The van der Waals surface area contributed by atoms with Crippen LogP contribution in [0, 0.1) is 10.1 Å². The van der Waals surface area contributed by atoms with Crippen LogP contribution in [-0.2, 0) is 16.1 Å². The maximum atomic E-state index is 12.8. The summed E-state index contributed by atoms with van der Waals surface area (Å²) in [4.78, 5) is 36.3. The number of rotatable bonds is 8. The molecule has 0 saturated carbocycles. The molecule has 2 heterocycles. The van der Waals surface area contributed by atoms with E-state index in [9.17, 15) is 19.7 Å². The topological polar surface area (TPSA) is 116 Å². The summed E-state index contributed by atoms with van der Waals surface area (Å²) >= 11 is 1.43. The fourth-order valence-electron chi connectivity index (χ4n) is 3.15. The lowest BCUT2D eigenvalue weighted by Gasteiger charge is -2.07. The van der Waals surface area contributed by atoms with Gasteiger partial charge in [0, 0.05) is 12.3 Å². The number of aromatic nitrogens is 2. The predicted octanol–water partition coefficient (Wildman–Crippen LogP) is 4.36. The molecule has 0 spiro atoms. The number of carbonyl (C=O) groups is 2. The fourth-order valence-corrected chi connectivity index (χ4v) is 3.87. The Bertz CT molecular complexity index is 1290. The summed E-state index contributed by atoms with van der Waals surface area (Å²) in [5.41, 5.74) is 1.48. The lowest BCUT2D eigenvalue weighted by molar-refractivity contribution is -0.383. The minimum Gasteiger partial charge on any atom is -0.452 e. The average molecular weight is 462 g/mol. The van der Waals surface area contributed by atoms with Crippen molar-refractivity contribution in [1.82, 2.24) is 9.78 Å². The molecular formula is C23H18N4O5S. The number of para-hydroxylation sites is 2. The highest BCUT2D eigenvalue weighted by Crippen LogP contribution is 2.28. The van der Waals surface area contributed by atoms with Gasteiger partial charge in [-0.2, -0.15) is 5.10 Å². The fraction of sp³-hybridized carbons (Fsp3) is 0.0870. The number of anilines is 1. The Balaban J connectivity index is 1.48. The van der Waals surface area contributed by atoms with Crippen molar-refractivity contribution in [2.24, 2.45) is 0 Å². The lowest BCUT2D eigenvalue weighted by Crippen LogP contribution is -2.21. The number of hydrogen-bond donors (Lipinski definition) is 1. The van der Waals surface area contributed by atoms with Crippen LogP contribution in [0.25, 0.3) is 10.6 Å². The molecule has 0 atom stereocenters. The predicted molar refractivity (Wildman–Crippen MR) is 123 cm³/mol. The summed E-state index contributed by atoms with van der Waals surface area (Å²) < 4.78 is 6.84. The molecule has 33 heavy (non-hydrogen) atoms. The number of thiophene rings is 1. The van der Waals surface area contributed by atoms with Gasteiger partial charge in [0.15, 0.2) is 6.61 Å². The Hall–Kier alpha value is -4.31. The first-order valence-corrected chi connectivity index (χ1v) is 10.7. The number of nitro groups is 1. The SMILES string of the molecule is O=C(COC(=O)c1cn(Cc2ccccc2)nc1-c1cccs1)Nc1ccccc1[N+](=O)[O-]. The van der Waals surface area contributed by atoms with Crippen molar-refractivity contribution in [2.75, 3.05) is 11.9 Å². The number of nitrogens with zero attached hydrogens (tertiary/aromatic N) is 3. The maximum Gasteiger partial charge on any atom is 0.342 e. The number of benzene rings is 2. The number of hydrogen-bond acceptors (Lipinski definition) is 7.